The first-order valence-electron chi connectivity index (χ1n) is 7.85. The number of nitrogens with one attached hydrogen (secondary N) is 1. The summed E-state index contributed by atoms with van der Waals surface area (Å²) in [5, 5.41) is 2.52. The number of carbonyl (C=O) groups excluding carboxylic acids is 3. The summed E-state index contributed by atoms with van der Waals surface area (Å²) in [5.74, 6) is -1.27. The van der Waals surface area contributed by atoms with Crippen molar-refractivity contribution < 1.29 is 19.1 Å². The average Bonchev–Trinajstić information content (AvgIpc) is 3.17. The van der Waals surface area contributed by atoms with Gasteiger partial charge in [-0.2, -0.15) is 0 Å². The van der Waals surface area contributed by atoms with E-state index < -0.39 is 11.9 Å². The van der Waals surface area contributed by atoms with E-state index in [4.69, 9.17) is 0 Å². The Hall–Kier alpha value is -2.37. The molecular formula is C17H20N2O4. The summed E-state index contributed by atoms with van der Waals surface area (Å²) in [6.07, 6.45) is 3.48. The molecule has 1 aromatic carbocycles. The number of nitrogens with zero attached hydrogens (tertiary/aromatic N) is 1. The highest BCUT2D eigenvalue weighted by atomic mass is 16.5. The molecule has 6 heteroatoms. The Kier molecular flexibility index (Phi) is 4.32. The molecular weight excluding hydrogens is 296 g/mol. The summed E-state index contributed by atoms with van der Waals surface area (Å²) in [7, 11) is 1.27. The second-order valence-electron chi connectivity index (χ2n) is 6.01. The number of anilines is 1. The molecule has 1 N–H and O–H groups in total. The molecule has 1 atom stereocenters. The van der Waals surface area contributed by atoms with Gasteiger partial charge in [0.15, 0.2) is 0 Å². The van der Waals surface area contributed by atoms with Crippen LogP contribution in [0.5, 0.6) is 0 Å². The molecule has 122 valence electrons. The largest absolute Gasteiger partial charge is 0.468 e. The first-order valence-corrected chi connectivity index (χ1v) is 7.85. The molecule has 0 radical (unpaired) electrons. The van der Waals surface area contributed by atoms with E-state index in [2.05, 4.69) is 22.2 Å². The van der Waals surface area contributed by atoms with Gasteiger partial charge < -0.3 is 15.0 Å². The number of methoxy groups -OCH3 is 1. The topological polar surface area (TPSA) is 75.7 Å². The van der Waals surface area contributed by atoms with E-state index in [1.54, 1.807) is 4.90 Å². The van der Waals surface area contributed by atoms with Crippen molar-refractivity contribution in [3.63, 3.8) is 0 Å². The Bertz CT molecular complexity index is 656. The van der Waals surface area contributed by atoms with E-state index in [0.717, 1.165) is 24.9 Å². The van der Waals surface area contributed by atoms with Crippen LogP contribution in [0.4, 0.5) is 5.69 Å². The van der Waals surface area contributed by atoms with Crippen LogP contribution in [0.1, 0.15) is 24.0 Å². The zero-order valence-corrected chi connectivity index (χ0v) is 13.1. The molecule has 2 amide bonds. The van der Waals surface area contributed by atoms with Crippen molar-refractivity contribution in [3.05, 3.63) is 29.3 Å². The lowest BCUT2D eigenvalue weighted by molar-refractivity contribution is -0.141. The van der Waals surface area contributed by atoms with Gasteiger partial charge in [0.05, 0.1) is 13.0 Å². The maximum Gasteiger partial charge on any atom is 0.325 e. The number of carbonyl (C=O) groups is 3. The first kappa shape index (κ1) is 15.5. The van der Waals surface area contributed by atoms with Crippen LogP contribution in [-0.2, 0) is 32.0 Å². The third kappa shape index (κ3) is 3.21. The van der Waals surface area contributed by atoms with Gasteiger partial charge in [0, 0.05) is 18.7 Å². The highest BCUT2D eigenvalue weighted by Crippen LogP contribution is 2.30. The lowest BCUT2D eigenvalue weighted by Gasteiger charge is -2.18. The molecule has 0 spiro atoms. The number of esters is 1. The fourth-order valence-electron chi connectivity index (χ4n) is 3.23. The fraction of sp³-hybridized carbons (Fsp3) is 0.471. The molecule has 1 fully saturated rings. The highest BCUT2D eigenvalue weighted by molar-refractivity contribution is 6.00. The Labute approximate surface area is 134 Å². The van der Waals surface area contributed by atoms with Gasteiger partial charge in [-0.3, -0.25) is 14.4 Å². The average molecular weight is 316 g/mol. The van der Waals surface area contributed by atoms with Crippen molar-refractivity contribution in [1.82, 2.24) is 5.32 Å². The van der Waals surface area contributed by atoms with Gasteiger partial charge in [-0.15, -0.1) is 0 Å². The zero-order valence-electron chi connectivity index (χ0n) is 13.1. The normalized spacial score (nSPS) is 19.6. The van der Waals surface area contributed by atoms with E-state index in [9.17, 15) is 14.4 Å². The molecule has 0 saturated carbocycles. The van der Waals surface area contributed by atoms with Crippen molar-refractivity contribution in [2.45, 2.75) is 25.7 Å². The molecule has 0 bridgehead atoms. The van der Waals surface area contributed by atoms with Gasteiger partial charge in [0.1, 0.15) is 6.54 Å². The second-order valence-corrected chi connectivity index (χ2v) is 6.01. The molecule has 1 aliphatic heterocycles. The molecule has 1 aromatic rings. The van der Waals surface area contributed by atoms with Crippen LogP contribution in [0.15, 0.2) is 18.2 Å². The molecule has 3 rings (SSSR count). The highest BCUT2D eigenvalue weighted by Gasteiger charge is 2.35. The maximum atomic E-state index is 12.2. The monoisotopic (exact) mass is 316 g/mol. The lowest BCUT2D eigenvalue weighted by Crippen LogP contribution is -2.36. The number of rotatable bonds is 4. The number of benzene rings is 1. The summed E-state index contributed by atoms with van der Waals surface area (Å²) >= 11 is 0. The van der Waals surface area contributed by atoms with E-state index in [0.29, 0.717) is 6.54 Å². The minimum atomic E-state index is -0.502. The molecule has 1 unspecified atom stereocenters. The Morgan fingerprint density at radius 1 is 1.30 bits per heavy atom. The zero-order chi connectivity index (χ0) is 16.4. The van der Waals surface area contributed by atoms with Crippen LogP contribution in [0.25, 0.3) is 0 Å². The molecule has 6 nitrogen and oxygen atoms in total. The molecule has 0 aromatic heterocycles. The molecule has 1 heterocycles. The maximum absolute atomic E-state index is 12.2. The molecule has 23 heavy (non-hydrogen) atoms. The third-order valence-corrected chi connectivity index (χ3v) is 4.52. The summed E-state index contributed by atoms with van der Waals surface area (Å²) in [6.45, 7) is 0.184. The van der Waals surface area contributed by atoms with Gasteiger partial charge in [0.25, 0.3) is 0 Å². The van der Waals surface area contributed by atoms with Crippen LogP contribution in [0.2, 0.25) is 0 Å². The second kappa shape index (κ2) is 6.40. The predicted molar refractivity (Wildman–Crippen MR) is 84.0 cm³/mol. The smallest absolute Gasteiger partial charge is 0.325 e. The lowest BCUT2D eigenvalue weighted by atomic mass is 10.1. The predicted octanol–water partition coefficient (Wildman–Crippen LogP) is 0.817. The van der Waals surface area contributed by atoms with E-state index in [1.165, 1.54) is 18.2 Å². The van der Waals surface area contributed by atoms with Crippen molar-refractivity contribution in [3.8, 4) is 0 Å². The summed E-state index contributed by atoms with van der Waals surface area (Å²) in [5.41, 5.74) is 3.51. The summed E-state index contributed by atoms with van der Waals surface area (Å²) in [6, 6.07) is 6.10. The van der Waals surface area contributed by atoms with Gasteiger partial charge in [-0.1, -0.05) is 6.07 Å². The van der Waals surface area contributed by atoms with Gasteiger partial charge in [-0.05, 0) is 42.5 Å². The van der Waals surface area contributed by atoms with E-state index >= 15 is 0 Å². The quantitative estimate of drug-likeness (QED) is 0.834. The minimum absolute atomic E-state index is 0.0545. The standard InChI is InChI=1S/C17H20N2O4/c1-23-16(21)9-18-17(22)13-8-15(20)19(10-13)14-6-5-11-3-2-4-12(11)7-14/h5-7,13H,2-4,8-10H2,1H3,(H,18,22). The Morgan fingerprint density at radius 2 is 2.09 bits per heavy atom. The molecule has 1 aliphatic carbocycles. The Morgan fingerprint density at radius 3 is 2.87 bits per heavy atom. The first-order chi connectivity index (χ1) is 11.1. The van der Waals surface area contributed by atoms with Crippen LogP contribution >= 0.6 is 0 Å². The van der Waals surface area contributed by atoms with Crippen molar-refractivity contribution in [2.75, 3.05) is 25.1 Å². The number of hydrogen-bond acceptors (Lipinski definition) is 4. The van der Waals surface area contributed by atoms with Crippen LogP contribution < -0.4 is 10.2 Å². The number of hydrogen-bond donors (Lipinski definition) is 1. The van der Waals surface area contributed by atoms with Gasteiger partial charge >= 0.3 is 5.97 Å². The molecule has 1 saturated heterocycles. The summed E-state index contributed by atoms with van der Waals surface area (Å²) in [4.78, 5) is 37.1. The number of amides is 2. The number of ether oxygens (including phenoxy) is 1. The number of fused-ring (bicyclic) bond motifs is 1. The van der Waals surface area contributed by atoms with Crippen molar-refractivity contribution in [2.24, 2.45) is 5.92 Å². The van der Waals surface area contributed by atoms with Crippen molar-refractivity contribution >= 4 is 23.5 Å². The molecule has 2 aliphatic rings. The minimum Gasteiger partial charge on any atom is -0.468 e. The fourth-order valence-corrected chi connectivity index (χ4v) is 3.23. The van der Waals surface area contributed by atoms with Crippen LogP contribution in [0.3, 0.4) is 0 Å². The number of aryl methyl sites for hydroxylation is 2. The van der Waals surface area contributed by atoms with Crippen LogP contribution in [0, 0.1) is 5.92 Å². The Balaban J connectivity index is 1.65. The van der Waals surface area contributed by atoms with Crippen LogP contribution in [-0.4, -0.2) is 38.0 Å². The SMILES string of the molecule is COC(=O)CNC(=O)C1CC(=O)N(c2ccc3c(c2)CCC3)C1. The van der Waals surface area contributed by atoms with Crippen molar-refractivity contribution in [1.29, 1.82) is 0 Å². The third-order valence-electron chi connectivity index (χ3n) is 4.52. The summed E-state index contributed by atoms with van der Waals surface area (Å²) < 4.78 is 4.49. The van der Waals surface area contributed by atoms with E-state index in [1.807, 2.05) is 6.07 Å². The van der Waals surface area contributed by atoms with E-state index in [-0.39, 0.29) is 24.8 Å². The van der Waals surface area contributed by atoms with Gasteiger partial charge in [0.2, 0.25) is 11.8 Å². The van der Waals surface area contributed by atoms with Gasteiger partial charge in [-0.25, -0.2) is 0 Å².